The second-order valence-corrected chi connectivity index (χ2v) is 10.8. The zero-order valence-electron chi connectivity index (χ0n) is 22.3. The second-order valence-electron chi connectivity index (χ2n) is 10.8. The number of hydrogen-bond acceptors (Lipinski definition) is 4. The molecule has 35 heavy (non-hydrogen) atoms. The highest BCUT2D eigenvalue weighted by atomic mass is 16.2. The van der Waals surface area contributed by atoms with Gasteiger partial charge in [0.05, 0.1) is 5.52 Å². The highest BCUT2D eigenvalue weighted by Crippen LogP contribution is 2.29. The van der Waals surface area contributed by atoms with E-state index < -0.39 is 5.41 Å². The van der Waals surface area contributed by atoms with Crippen LogP contribution in [0.1, 0.15) is 76.6 Å². The minimum atomic E-state index is -0.433. The van der Waals surface area contributed by atoms with Crippen molar-refractivity contribution >= 4 is 28.5 Å². The monoisotopic (exact) mass is 474 g/mol. The van der Waals surface area contributed by atoms with E-state index in [0.29, 0.717) is 12.4 Å². The van der Waals surface area contributed by atoms with Crippen molar-refractivity contribution in [2.45, 2.75) is 80.3 Å². The zero-order chi connectivity index (χ0) is 25.9. The molecule has 0 radical (unpaired) electrons. The van der Waals surface area contributed by atoms with Crippen LogP contribution in [0.2, 0.25) is 0 Å². The average Bonchev–Trinajstić information content (AvgIpc) is 2.76. The van der Waals surface area contributed by atoms with E-state index in [1.54, 1.807) is 6.20 Å². The van der Waals surface area contributed by atoms with Gasteiger partial charge in [-0.25, -0.2) is 4.98 Å². The minimum absolute atomic E-state index is 0.101. The maximum Gasteiger partial charge on any atom is 0.228 e. The first kappa shape index (κ1) is 26.3. The lowest BCUT2D eigenvalue weighted by molar-refractivity contribution is -0.142. The molecule has 186 valence electrons. The van der Waals surface area contributed by atoms with Crippen molar-refractivity contribution < 1.29 is 9.59 Å². The lowest BCUT2D eigenvalue weighted by atomic mass is 9.91. The van der Waals surface area contributed by atoms with Crippen molar-refractivity contribution in [3.63, 3.8) is 0 Å². The number of aromatic nitrogens is 2. The minimum Gasteiger partial charge on any atom is -0.335 e. The van der Waals surface area contributed by atoms with Crippen LogP contribution in [0.3, 0.4) is 0 Å². The predicted molar refractivity (Wildman–Crippen MR) is 142 cm³/mol. The molecule has 0 saturated carbocycles. The van der Waals surface area contributed by atoms with Crippen LogP contribution in [0.15, 0.2) is 42.7 Å². The molecule has 6 nitrogen and oxygen atoms in total. The van der Waals surface area contributed by atoms with Crippen molar-refractivity contribution in [3.8, 4) is 0 Å². The lowest BCUT2D eigenvalue weighted by Crippen LogP contribution is -2.43. The topological polar surface area (TPSA) is 75.2 Å². The number of rotatable bonds is 7. The first-order chi connectivity index (χ1) is 16.4. The van der Waals surface area contributed by atoms with Crippen molar-refractivity contribution in [3.05, 3.63) is 65.0 Å². The third-order valence-electron chi connectivity index (χ3n) is 6.26. The SMILES string of the molecule is CC(=O)Nc1ncccc1C(C)Cc1cc2cc(CN(C(=O)C(C)(C)C)C(C)C)cnc2cc1C. The number of carbonyl (C=O) groups excluding carboxylic acids is 2. The molecular weight excluding hydrogens is 436 g/mol. The van der Waals surface area contributed by atoms with Gasteiger partial charge in [0.1, 0.15) is 5.82 Å². The van der Waals surface area contributed by atoms with Crippen LogP contribution in [-0.2, 0) is 22.6 Å². The number of hydrogen-bond donors (Lipinski definition) is 1. The molecule has 1 aromatic carbocycles. The van der Waals surface area contributed by atoms with E-state index in [2.05, 4.69) is 56.2 Å². The molecule has 0 spiro atoms. The summed E-state index contributed by atoms with van der Waals surface area (Å²) in [5, 5.41) is 3.91. The highest BCUT2D eigenvalue weighted by Gasteiger charge is 2.29. The Morgan fingerprint density at radius 2 is 1.80 bits per heavy atom. The maximum atomic E-state index is 13.0. The average molecular weight is 475 g/mol. The fourth-order valence-corrected chi connectivity index (χ4v) is 4.32. The van der Waals surface area contributed by atoms with Gasteiger partial charge < -0.3 is 10.2 Å². The standard InChI is InChI=1S/C29H38N4O2/c1-18(2)33(28(35)29(6,7)8)17-22-14-24-15-23(19(3)13-26(24)31-16-22)12-20(4)25-10-9-11-30-27(25)32-21(5)34/h9-11,13-16,18,20H,12,17H2,1-8H3,(H,30,32,34). The smallest absolute Gasteiger partial charge is 0.228 e. The number of amides is 2. The molecule has 6 heteroatoms. The summed E-state index contributed by atoms with van der Waals surface area (Å²) < 4.78 is 0. The van der Waals surface area contributed by atoms with Gasteiger partial charge in [-0.1, -0.05) is 33.8 Å². The first-order valence-corrected chi connectivity index (χ1v) is 12.3. The summed E-state index contributed by atoms with van der Waals surface area (Å²) in [6, 6.07) is 10.5. The Bertz CT molecular complexity index is 1230. The Morgan fingerprint density at radius 3 is 2.43 bits per heavy atom. The van der Waals surface area contributed by atoms with E-state index >= 15 is 0 Å². The van der Waals surface area contributed by atoms with E-state index in [-0.39, 0.29) is 23.8 Å². The van der Waals surface area contributed by atoms with Crippen LogP contribution in [-0.4, -0.2) is 32.7 Å². The predicted octanol–water partition coefficient (Wildman–Crippen LogP) is 6.03. The Kier molecular flexibility index (Phi) is 7.93. The molecule has 1 N–H and O–H groups in total. The van der Waals surface area contributed by atoms with Gasteiger partial charge in [-0.3, -0.25) is 14.6 Å². The van der Waals surface area contributed by atoms with Gasteiger partial charge in [0.2, 0.25) is 11.8 Å². The van der Waals surface area contributed by atoms with Gasteiger partial charge in [-0.2, -0.15) is 0 Å². The quantitative estimate of drug-likeness (QED) is 0.454. The van der Waals surface area contributed by atoms with Crippen LogP contribution >= 0.6 is 0 Å². The largest absolute Gasteiger partial charge is 0.335 e. The number of nitrogens with one attached hydrogen (secondary N) is 1. The van der Waals surface area contributed by atoms with Gasteiger partial charge >= 0.3 is 0 Å². The van der Waals surface area contributed by atoms with Gasteiger partial charge in [-0.05, 0) is 79.6 Å². The lowest BCUT2D eigenvalue weighted by Gasteiger charge is -2.32. The molecule has 0 aliphatic heterocycles. The number of aryl methyl sites for hydroxylation is 1. The molecule has 2 aromatic heterocycles. The van der Waals surface area contributed by atoms with E-state index in [0.717, 1.165) is 28.5 Å². The molecule has 3 rings (SSSR count). The van der Waals surface area contributed by atoms with E-state index in [1.807, 2.05) is 44.0 Å². The molecule has 0 aliphatic rings. The Morgan fingerprint density at radius 1 is 1.09 bits per heavy atom. The third kappa shape index (κ3) is 6.44. The van der Waals surface area contributed by atoms with E-state index in [9.17, 15) is 9.59 Å². The van der Waals surface area contributed by atoms with Gasteiger partial charge in [-0.15, -0.1) is 0 Å². The number of pyridine rings is 2. The van der Waals surface area contributed by atoms with Crippen molar-refractivity contribution in [2.24, 2.45) is 5.41 Å². The Balaban J connectivity index is 1.90. The number of benzene rings is 1. The fraction of sp³-hybridized carbons (Fsp3) is 0.448. The summed E-state index contributed by atoms with van der Waals surface area (Å²) in [7, 11) is 0. The van der Waals surface area contributed by atoms with E-state index in [4.69, 9.17) is 4.98 Å². The summed E-state index contributed by atoms with van der Waals surface area (Å²) in [5.74, 6) is 0.793. The third-order valence-corrected chi connectivity index (χ3v) is 6.26. The highest BCUT2D eigenvalue weighted by molar-refractivity contribution is 5.88. The number of carbonyl (C=O) groups is 2. The van der Waals surface area contributed by atoms with Gasteiger partial charge in [0.25, 0.3) is 0 Å². The molecule has 1 atom stereocenters. The normalized spacial score (nSPS) is 12.6. The Hall–Kier alpha value is -3.28. The molecule has 3 aromatic rings. The number of nitrogens with zero attached hydrogens (tertiary/aromatic N) is 3. The molecule has 2 amide bonds. The van der Waals surface area contributed by atoms with Crippen molar-refractivity contribution in [1.29, 1.82) is 0 Å². The van der Waals surface area contributed by atoms with Gasteiger partial charge in [0, 0.05) is 42.7 Å². The summed E-state index contributed by atoms with van der Waals surface area (Å²) in [6.45, 7) is 16.3. The van der Waals surface area contributed by atoms with Crippen molar-refractivity contribution in [2.75, 3.05) is 5.32 Å². The molecule has 0 fully saturated rings. The number of anilines is 1. The molecule has 1 unspecified atom stereocenters. The maximum absolute atomic E-state index is 13.0. The van der Waals surface area contributed by atoms with Crippen molar-refractivity contribution in [1.82, 2.24) is 14.9 Å². The summed E-state index contributed by atoms with van der Waals surface area (Å²) in [5.41, 5.74) is 4.96. The number of fused-ring (bicyclic) bond motifs is 1. The zero-order valence-corrected chi connectivity index (χ0v) is 22.3. The molecule has 0 bridgehead atoms. The second kappa shape index (κ2) is 10.5. The molecule has 2 heterocycles. The van der Waals surface area contributed by atoms with E-state index in [1.165, 1.54) is 18.1 Å². The summed E-state index contributed by atoms with van der Waals surface area (Å²) >= 11 is 0. The first-order valence-electron chi connectivity index (χ1n) is 12.3. The fourth-order valence-electron chi connectivity index (χ4n) is 4.32. The van der Waals surface area contributed by atoms with Crippen LogP contribution in [0.5, 0.6) is 0 Å². The molecule has 0 saturated heterocycles. The molecular formula is C29H38N4O2. The van der Waals surface area contributed by atoms with Crippen LogP contribution < -0.4 is 5.32 Å². The summed E-state index contributed by atoms with van der Waals surface area (Å²) in [6.07, 6.45) is 4.39. The van der Waals surface area contributed by atoms with Crippen LogP contribution in [0.4, 0.5) is 5.82 Å². The Labute approximate surface area is 209 Å². The molecule has 0 aliphatic carbocycles. The van der Waals surface area contributed by atoms with Gasteiger partial charge in [0.15, 0.2) is 0 Å². The summed E-state index contributed by atoms with van der Waals surface area (Å²) in [4.78, 5) is 35.6. The van der Waals surface area contributed by atoms with Crippen LogP contribution in [0, 0.1) is 12.3 Å². The van der Waals surface area contributed by atoms with Crippen LogP contribution in [0.25, 0.3) is 10.9 Å².